The third-order valence-electron chi connectivity index (χ3n) is 2.78. The van der Waals surface area contributed by atoms with Crippen molar-refractivity contribution < 1.29 is 28.4 Å². The molecule has 112 valence electrons. The maximum absolute atomic E-state index is 11.3. The first-order chi connectivity index (χ1) is 8.63. The summed E-state index contributed by atoms with van der Waals surface area (Å²) in [6, 6.07) is 0. The Kier molecular flexibility index (Phi) is 7.48. The van der Waals surface area contributed by atoms with Gasteiger partial charge in [0.15, 0.2) is 0 Å². The molecule has 0 bridgehead atoms. The van der Waals surface area contributed by atoms with E-state index >= 15 is 0 Å². The first-order valence-corrected chi connectivity index (χ1v) is 7.23. The molecule has 1 atom stereocenters. The Morgan fingerprint density at radius 1 is 1.37 bits per heavy atom. The molecule has 0 saturated carbocycles. The summed E-state index contributed by atoms with van der Waals surface area (Å²) >= 11 is 0. The first-order valence-electron chi connectivity index (χ1n) is 5.69. The fourth-order valence-corrected chi connectivity index (χ4v) is 2.02. The average molecular weight is 297 g/mol. The van der Waals surface area contributed by atoms with Gasteiger partial charge < -0.3 is 20.5 Å². The molecule has 0 spiro atoms. The van der Waals surface area contributed by atoms with Gasteiger partial charge >= 0.3 is 13.1 Å². The molecule has 0 heterocycles. The highest BCUT2D eigenvalue weighted by atomic mass is 32.2. The zero-order valence-electron chi connectivity index (χ0n) is 10.7. The fraction of sp³-hybridized carbons (Fsp3) is 0.875. The van der Waals surface area contributed by atoms with Gasteiger partial charge in [0, 0.05) is 6.54 Å². The van der Waals surface area contributed by atoms with Crippen molar-refractivity contribution in [3.63, 3.8) is 0 Å². The molecule has 7 N–H and O–H groups in total. The van der Waals surface area contributed by atoms with E-state index in [0.29, 0.717) is 12.8 Å². The number of rotatable bonds is 10. The molecule has 0 aromatic heterocycles. The Labute approximate surface area is 112 Å². The van der Waals surface area contributed by atoms with Gasteiger partial charge in [-0.25, -0.2) is 9.86 Å². The Bertz CT molecular complexity index is 390. The molecule has 0 saturated heterocycles. The summed E-state index contributed by atoms with van der Waals surface area (Å²) in [5.74, 6) is -1.21. The van der Waals surface area contributed by atoms with E-state index in [1.54, 1.807) is 0 Å². The molecule has 9 nitrogen and oxygen atoms in total. The van der Waals surface area contributed by atoms with E-state index in [1.807, 2.05) is 4.72 Å². The van der Waals surface area contributed by atoms with E-state index in [1.165, 1.54) is 7.05 Å². The lowest BCUT2D eigenvalue weighted by Gasteiger charge is -2.28. The predicted molar refractivity (Wildman–Crippen MR) is 69.4 cm³/mol. The van der Waals surface area contributed by atoms with E-state index in [-0.39, 0.29) is 19.3 Å². The van der Waals surface area contributed by atoms with Gasteiger partial charge in [-0.1, -0.05) is 12.8 Å². The van der Waals surface area contributed by atoms with Gasteiger partial charge in [-0.15, -0.1) is 0 Å². The lowest BCUT2D eigenvalue weighted by atomic mass is 9.82. The van der Waals surface area contributed by atoms with Crippen molar-refractivity contribution in [2.24, 2.45) is 5.14 Å². The van der Waals surface area contributed by atoms with E-state index in [4.69, 9.17) is 15.2 Å². The monoisotopic (exact) mass is 297 g/mol. The van der Waals surface area contributed by atoms with Gasteiger partial charge in [0.05, 0.1) is 0 Å². The number of hydrogen-bond donors (Lipinski definition) is 6. The number of nitrogens with two attached hydrogens (primary N) is 1. The van der Waals surface area contributed by atoms with Crippen molar-refractivity contribution in [3.8, 4) is 0 Å². The second-order valence-electron chi connectivity index (χ2n) is 4.23. The van der Waals surface area contributed by atoms with Crippen LogP contribution in [0.5, 0.6) is 0 Å². The normalized spacial score (nSPS) is 14.9. The molecule has 0 aromatic rings. The maximum Gasteiger partial charge on any atom is 0.451 e. The summed E-state index contributed by atoms with van der Waals surface area (Å²) in [5.41, 5.74) is -1.48. The molecular weight excluding hydrogens is 277 g/mol. The number of likely N-dealkylation sites (N-methyl/N-ethyl adjacent to an activating group) is 1. The third kappa shape index (κ3) is 7.45. The molecule has 1 unspecified atom stereocenters. The van der Waals surface area contributed by atoms with E-state index in [2.05, 4.69) is 5.32 Å². The molecule has 19 heavy (non-hydrogen) atoms. The lowest BCUT2D eigenvalue weighted by molar-refractivity contribution is -0.144. The second-order valence-corrected chi connectivity index (χ2v) is 5.61. The molecule has 0 aromatic carbocycles. The van der Waals surface area contributed by atoms with Crippen LogP contribution in [0.1, 0.15) is 19.3 Å². The van der Waals surface area contributed by atoms with Gasteiger partial charge in [0.2, 0.25) is 0 Å². The highest BCUT2D eigenvalue weighted by molar-refractivity contribution is 7.87. The van der Waals surface area contributed by atoms with Crippen LogP contribution in [0.15, 0.2) is 0 Å². The largest absolute Gasteiger partial charge is 0.480 e. The number of hydrogen-bond acceptors (Lipinski definition) is 6. The standard InChI is InChI=1S/C8H20BN3O6S/c1-11-8(7(13)14,6-12-19(10,17)18)4-2-3-5-9(15)16/h11-12,15-16H,2-6H2,1H3,(H,13,14)(H2,10,17,18). The van der Waals surface area contributed by atoms with Crippen LogP contribution < -0.4 is 15.2 Å². The van der Waals surface area contributed by atoms with Crippen molar-refractivity contribution in [2.45, 2.75) is 31.1 Å². The van der Waals surface area contributed by atoms with Crippen molar-refractivity contribution in [1.82, 2.24) is 10.0 Å². The van der Waals surface area contributed by atoms with E-state index in [9.17, 15) is 18.3 Å². The number of aliphatic carboxylic acids is 1. The fourth-order valence-electron chi connectivity index (χ4n) is 1.57. The molecular formula is C8H20BN3O6S. The Morgan fingerprint density at radius 3 is 2.32 bits per heavy atom. The van der Waals surface area contributed by atoms with Gasteiger partial charge in [-0.3, -0.25) is 4.79 Å². The number of carboxylic acids is 1. The summed E-state index contributed by atoms with van der Waals surface area (Å²) in [4.78, 5) is 11.3. The topological polar surface area (TPSA) is 162 Å². The van der Waals surface area contributed by atoms with Gasteiger partial charge in [-0.2, -0.15) is 8.42 Å². The molecule has 0 rings (SSSR count). The van der Waals surface area contributed by atoms with Crippen LogP contribution in [0.3, 0.4) is 0 Å². The summed E-state index contributed by atoms with van der Waals surface area (Å²) in [6.45, 7) is -0.390. The molecule has 0 aliphatic rings. The smallest absolute Gasteiger partial charge is 0.451 e. The number of carbonyl (C=O) groups is 1. The van der Waals surface area contributed by atoms with E-state index < -0.39 is 28.8 Å². The minimum atomic E-state index is -3.98. The van der Waals surface area contributed by atoms with Crippen molar-refractivity contribution in [2.75, 3.05) is 13.6 Å². The van der Waals surface area contributed by atoms with Crippen LogP contribution in [0.25, 0.3) is 0 Å². The molecule has 0 aliphatic heterocycles. The zero-order chi connectivity index (χ0) is 15.1. The number of unbranched alkanes of at least 4 members (excludes halogenated alkanes) is 1. The van der Waals surface area contributed by atoms with Gasteiger partial charge in [0.1, 0.15) is 5.54 Å². The Morgan fingerprint density at radius 2 is 1.95 bits per heavy atom. The third-order valence-corrected chi connectivity index (χ3v) is 3.33. The first kappa shape index (κ1) is 18.3. The lowest BCUT2D eigenvalue weighted by Crippen LogP contribution is -2.58. The van der Waals surface area contributed by atoms with Crippen LogP contribution in [-0.4, -0.2) is 55.8 Å². The molecule has 0 radical (unpaired) electrons. The van der Waals surface area contributed by atoms with Crippen LogP contribution >= 0.6 is 0 Å². The minimum Gasteiger partial charge on any atom is -0.480 e. The zero-order valence-corrected chi connectivity index (χ0v) is 11.5. The molecule has 11 heteroatoms. The molecule has 0 aliphatic carbocycles. The van der Waals surface area contributed by atoms with Crippen LogP contribution in [0.4, 0.5) is 0 Å². The van der Waals surface area contributed by atoms with Crippen LogP contribution in [-0.2, 0) is 15.0 Å². The summed E-state index contributed by atoms with van der Waals surface area (Å²) in [5, 5.41) is 33.9. The van der Waals surface area contributed by atoms with Crippen molar-refractivity contribution in [1.29, 1.82) is 0 Å². The predicted octanol–water partition coefficient (Wildman–Crippen LogP) is -2.53. The quantitative estimate of drug-likeness (QED) is 0.191. The van der Waals surface area contributed by atoms with Crippen LogP contribution in [0, 0.1) is 0 Å². The highest BCUT2D eigenvalue weighted by Crippen LogP contribution is 2.15. The van der Waals surface area contributed by atoms with Gasteiger partial charge in [0.25, 0.3) is 10.2 Å². The average Bonchev–Trinajstić information content (AvgIpc) is 2.26. The maximum atomic E-state index is 11.3. The summed E-state index contributed by atoms with van der Waals surface area (Å²) < 4.78 is 23.6. The van der Waals surface area contributed by atoms with Crippen molar-refractivity contribution >= 4 is 23.3 Å². The molecule has 0 amide bonds. The number of nitrogens with one attached hydrogen (secondary N) is 2. The van der Waals surface area contributed by atoms with E-state index in [0.717, 1.165) is 0 Å². The van der Waals surface area contributed by atoms with Crippen molar-refractivity contribution in [3.05, 3.63) is 0 Å². The number of carboxylic acid groups (broad SMARTS) is 1. The Balaban J connectivity index is 4.55. The second kappa shape index (κ2) is 7.77. The Hall–Kier alpha value is -0.715. The molecule has 0 fully saturated rings. The van der Waals surface area contributed by atoms with Gasteiger partial charge in [-0.05, 0) is 19.8 Å². The minimum absolute atomic E-state index is 0.119. The SMILES string of the molecule is CNC(CCCCB(O)O)(CNS(N)(=O)=O)C(=O)O. The summed E-state index contributed by atoms with van der Waals surface area (Å²) in [6.07, 6.45) is 1.04. The summed E-state index contributed by atoms with van der Waals surface area (Å²) in [7, 11) is -4.01. The highest BCUT2D eigenvalue weighted by Gasteiger charge is 2.37. The van der Waals surface area contributed by atoms with Crippen LogP contribution in [0.2, 0.25) is 6.32 Å².